The van der Waals surface area contributed by atoms with Crippen molar-refractivity contribution in [2.75, 3.05) is 6.26 Å². The molecule has 0 fully saturated rings. The highest BCUT2D eigenvalue weighted by molar-refractivity contribution is 8.00. The molecule has 0 spiro atoms. The number of thioether (sulfide) groups is 1. The van der Waals surface area contributed by atoms with E-state index in [2.05, 4.69) is 18.9 Å². The Labute approximate surface area is 102 Å². The van der Waals surface area contributed by atoms with Crippen LogP contribution in [0.1, 0.15) is 77.6 Å². The highest BCUT2D eigenvalue weighted by atomic mass is 32.2. The van der Waals surface area contributed by atoms with Crippen molar-refractivity contribution in [2.45, 2.75) is 77.6 Å². The van der Waals surface area contributed by atoms with Crippen LogP contribution in [0.25, 0.3) is 0 Å². The van der Waals surface area contributed by atoms with Crippen molar-refractivity contribution >= 4 is 11.8 Å². The Bertz CT molecular complexity index is 89.5. The van der Waals surface area contributed by atoms with E-state index < -0.39 is 0 Å². The largest absolute Gasteiger partial charge is 0.161 e. The lowest BCUT2D eigenvalue weighted by molar-refractivity contribution is 0.557. The highest BCUT2D eigenvalue weighted by Crippen LogP contribution is 2.13. The Hall–Kier alpha value is 0.350. The molecule has 0 aliphatic carbocycles. The van der Waals surface area contributed by atoms with Gasteiger partial charge in [0.2, 0.25) is 0 Å². The van der Waals surface area contributed by atoms with E-state index in [-0.39, 0.29) is 0 Å². The molecule has 0 N–H and O–H groups in total. The van der Waals surface area contributed by atoms with Crippen LogP contribution >= 0.6 is 11.8 Å². The van der Waals surface area contributed by atoms with Crippen molar-refractivity contribution in [3.63, 3.8) is 0 Å². The second-order valence-corrected chi connectivity index (χ2v) is 5.18. The molecule has 0 aliphatic rings. The summed E-state index contributed by atoms with van der Waals surface area (Å²) < 4.78 is 0. The lowest BCUT2D eigenvalue weighted by Crippen LogP contribution is -1.81. The van der Waals surface area contributed by atoms with Gasteiger partial charge in [-0.2, -0.15) is 11.8 Å². The van der Waals surface area contributed by atoms with Crippen LogP contribution in [0.2, 0.25) is 0 Å². The average molecular weight is 229 g/mol. The summed E-state index contributed by atoms with van der Waals surface area (Å²) in [6.07, 6.45) is 17.9. The van der Waals surface area contributed by atoms with Crippen molar-refractivity contribution in [1.82, 2.24) is 0 Å². The van der Waals surface area contributed by atoms with E-state index in [1.54, 1.807) is 0 Å². The van der Waals surface area contributed by atoms with Gasteiger partial charge in [0.15, 0.2) is 0 Å². The summed E-state index contributed by atoms with van der Waals surface area (Å²) in [6.45, 7) is 2.28. The minimum Gasteiger partial charge on any atom is -0.161 e. The van der Waals surface area contributed by atoms with E-state index in [0.717, 1.165) is 0 Å². The van der Waals surface area contributed by atoms with Crippen molar-refractivity contribution < 1.29 is 0 Å². The van der Waals surface area contributed by atoms with Gasteiger partial charge in [-0.1, -0.05) is 71.1 Å². The van der Waals surface area contributed by atoms with Crippen LogP contribution in [0.3, 0.4) is 0 Å². The minimum atomic E-state index is 1.30. The normalized spacial score (nSPS) is 10.8. The van der Waals surface area contributed by atoms with Crippen molar-refractivity contribution in [2.24, 2.45) is 0 Å². The molecule has 15 heavy (non-hydrogen) atoms. The molecular formula is C14H29S. The van der Waals surface area contributed by atoms with Gasteiger partial charge < -0.3 is 0 Å². The first-order chi connectivity index (χ1) is 7.41. The summed E-state index contributed by atoms with van der Waals surface area (Å²) in [4.78, 5) is 0. The number of rotatable bonds is 12. The quantitative estimate of drug-likeness (QED) is 0.380. The van der Waals surface area contributed by atoms with Crippen molar-refractivity contribution in [3.05, 3.63) is 5.75 Å². The van der Waals surface area contributed by atoms with Crippen LogP contribution in [0.5, 0.6) is 0 Å². The van der Waals surface area contributed by atoms with Crippen LogP contribution in [0, 0.1) is 5.75 Å². The van der Waals surface area contributed by atoms with Gasteiger partial charge in [0.1, 0.15) is 0 Å². The minimum absolute atomic E-state index is 1.30. The topological polar surface area (TPSA) is 0 Å². The van der Waals surface area contributed by atoms with Crippen LogP contribution in [0.15, 0.2) is 0 Å². The Morgan fingerprint density at radius 1 is 0.733 bits per heavy atom. The molecule has 0 nitrogen and oxygen atoms in total. The van der Waals surface area contributed by atoms with E-state index in [0.29, 0.717) is 0 Å². The average Bonchev–Trinajstić information content (AvgIpc) is 2.26. The molecule has 0 aromatic carbocycles. The molecular weight excluding hydrogens is 200 g/mol. The van der Waals surface area contributed by atoms with Gasteiger partial charge in [0, 0.05) is 5.75 Å². The summed E-state index contributed by atoms with van der Waals surface area (Å²) in [5.74, 6) is 2.32. The van der Waals surface area contributed by atoms with Gasteiger partial charge in [0.25, 0.3) is 0 Å². The first-order valence-electron chi connectivity index (χ1n) is 6.76. The molecule has 0 aliphatic heterocycles. The summed E-state index contributed by atoms with van der Waals surface area (Å²) in [7, 11) is 0. The molecule has 0 bridgehead atoms. The molecule has 0 aromatic rings. The predicted molar refractivity (Wildman–Crippen MR) is 74.3 cm³/mol. The van der Waals surface area contributed by atoms with Crippen LogP contribution in [-0.2, 0) is 0 Å². The zero-order valence-corrected chi connectivity index (χ0v) is 11.6. The summed E-state index contributed by atoms with van der Waals surface area (Å²) >= 11 is 1.86. The van der Waals surface area contributed by atoms with Crippen molar-refractivity contribution in [3.8, 4) is 0 Å². The van der Waals surface area contributed by atoms with Gasteiger partial charge in [0.05, 0.1) is 0 Å². The highest BCUT2D eigenvalue weighted by Gasteiger charge is 1.92. The Morgan fingerprint density at radius 2 is 1.20 bits per heavy atom. The standard InChI is InChI=1S/C14H29S/c1-3-4-5-6-7-8-9-10-11-12-13-14-15-2/h14H,3-13H2,1-2H3. The fraction of sp³-hybridized carbons (Fsp3) is 0.929. The Morgan fingerprint density at radius 3 is 1.67 bits per heavy atom. The maximum absolute atomic E-state index is 2.32. The van der Waals surface area contributed by atoms with E-state index in [1.807, 2.05) is 11.8 Å². The summed E-state index contributed by atoms with van der Waals surface area (Å²) in [6, 6.07) is 0. The van der Waals surface area contributed by atoms with Gasteiger partial charge in [-0.15, -0.1) is 0 Å². The molecule has 0 saturated heterocycles. The SMILES string of the molecule is CCCCCCCCCCCC[CH]SC. The van der Waals surface area contributed by atoms with E-state index in [1.165, 1.54) is 70.6 Å². The molecule has 91 valence electrons. The maximum Gasteiger partial charge on any atom is 0.0163 e. The molecule has 0 atom stereocenters. The molecule has 0 unspecified atom stereocenters. The lowest BCUT2D eigenvalue weighted by atomic mass is 10.1. The lowest BCUT2D eigenvalue weighted by Gasteiger charge is -2.01. The third-order valence-corrected chi connectivity index (χ3v) is 3.41. The number of unbranched alkanes of at least 4 members (excludes halogenated alkanes) is 10. The van der Waals surface area contributed by atoms with E-state index in [9.17, 15) is 0 Å². The fourth-order valence-corrected chi connectivity index (χ4v) is 2.24. The molecule has 0 aromatic heterocycles. The van der Waals surface area contributed by atoms with Crippen LogP contribution in [-0.4, -0.2) is 6.26 Å². The fourth-order valence-electron chi connectivity index (χ4n) is 1.83. The van der Waals surface area contributed by atoms with Gasteiger partial charge >= 0.3 is 0 Å². The molecule has 1 radical (unpaired) electrons. The third kappa shape index (κ3) is 14.4. The monoisotopic (exact) mass is 229 g/mol. The molecule has 0 amide bonds. The van der Waals surface area contributed by atoms with Crippen LogP contribution in [0.4, 0.5) is 0 Å². The second kappa shape index (κ2) is 14.3. The van der Waals surface area contributed by atoms with E-state index >= 15 is 0 Å². The van der Waals surface area contributed by atoms with Gasteiger partial charge in [-0.3, -0.25) is 0 Å². The Kier molecular flexibility index (Phi) is 14.7. The van der Waals surface area contributed by atoms with Gasteiger partial charge in [-0.05, 0) is 12.7 Å². The summed E-state index contributed by atoms with van der Waals surface area (Å²) in [5.41, 5.74) is 0. The summed E-state index contributed by atoms with van der Waals surface area (Å²) in [5, 5.41) is 0. The van der Waals surface area contributed by atoms with Crippen molar-refractivity contribution in [1.29, 1.82) is 0 Å². The first-order valence-corrected chi connectivity index (χ1v) is 8.05. The molecule has 1 heteroatoms. The number of hydrogen-bond acceptors (Lipinski definition) is 1. The molecule has 0 heterocycles. The maximum atomic E-state index is 2.32. The van der Waals surface area contributed by atoms with Crippen LogP contribution < -0.4 is 0 Å². The third-order valence-electron chi connectivity index (χ3n) is 2.84. The van der Waals surface area contributed by atoms with E-state index in [4.69, 9.17) is 0 Å². The smallest absolute Gasteiger partial charge is 0.0163 e. The Balaban J connectivity index is 2.81. The second-order valence-electron chi connectivity index (χ2n) is 4.37. The zero-order chi connectivity index (χ0) is 11.2. The molecule has 0 saturated carbocycles. The zero-order valence-electron chi connectivity index (χ0n) is 10.8. The first kappa shape index (κ1) is 15.3. The predicted octanol–water partition coefficient (Wildman–Crippen LogP) is 5.82. The van der Waals surface area contributed by atoms with Gasteiger partial charge in [-0.25, -0.2) is 0 Å². The molecule has 0 rings (SSSR count). The number of hydrogen-bond donors (Lipinski definition) is 0.